The van der Waals surface area contributed by atoms with E-state index in [-0.39, 0.29) is 28.7 Å². The molecule has 4 rings (SSSR count). The molecule has 0 N–H and O–H groups in total. The van der Waals surface area contributed by atoms with Crippen molar-refractivity contribution in [1.82, 2.24) is 0 Å². The van der Waals surface area contributed by atoms with Crippen molar-refractivity contribution in [3.63, 3.8) is 0 Å². The second-order valence-electron chi connectivity index (χ2n) is 7.59. The van der Waals surface area contributed by atoms with Crippen molar-refractivity contribution in [2.75, 3.05) is 16.4 Å². The Hall–Kier alpha value is -2.12. The summed E-state index contributed by atoms with van der Waals surface area (Å²) in [5.74, 6) is -0.0836. The average Bonchev–Trinajstić information content (AvgIpc) is 3.04. The first kappa shape index (κ1) is 19.2. The summed E-state index contributed by atoms with van der Waals surface area (Å²) < 4.78 is 24.4. The number of amides is 1. The Morgan fingerprint density at radius 3 is 2.43 bits per heavy atom. The second-order valence-corrected chi connectivity index (χ2v) is 10.9. The van der Waals surface area contributed by atoms with Crippen molar-refractivity contribution < 1.29 is 13.2 Å². The zero-order chi connectivity index (χ0) is 20.1. The molecule has 2 aromatic rings. The third-order valence-corrected chi connectivity index (χ3v) is 8.22. The van der Waals surface area contributed by atoms with Crippen molar-refractivity contribution >= 4 is 38.4 Å². The number of aliphatic imine (C=N–C) groups is 1. The number of carbonyl (C=O) groups is 1. The normalized spacial score (nSPS) is 24.5. The van der Waals surface area contributed by atoms with E-state index in [1.54, 1.807) is 6.07 Å². The lowest BCUT2D eigenvalue weighted by Gasteiger charge is -2.25. The van der Waals surface area contributed by atoms with Crippen molar-refractivity contribution in [2.24, 2.45) is 4.99 Å². The molecule has 0 spiro atoms. The van der Waals surface area contributed by atoms with E-state index in [1.165, 1.54) is 11.8 Å². The van der Waals surface area contributed by atoms with Crippen LogP contribution in [0.1, 0.15) is 27.0 Å². The van der Waals surface area contributed by atoms with Gasteiger partial charge in [0.1, 0.15) is 0 Å². The number of amidine groups is 1. The maximum Gasteiger partial charge on any atom is 0.279 e. The molecule has 2 atom stereocenters. The molecule has 0 saturated carbocycles. The fraction of sp³-hybridized carbons (Fsp3) is 0.333. The van der Waals surface area contributed by atoms with Crippen LogP contribution in [-0.2, 0) is 9.84 Å². The highest BCUT2D eigenvalue weighted by Gasteiger charge is 2.49. The van der Waals surface area contributed by atoms with Crippen molar-refractivity contribution in [3.05, 3.63) is 64.7 Å². The highest BCUT2D eigenvalue weighted by atomic mass is 32.2. The van der Waals surface area contributed by atoms with Crippen LogP contribution in [0.25, 0.3) is 0 Å². The Balaban J connectivity index is 1.76. The Bertz CT molecular complexity index is 1070. The largest absolute Gasteiger partial charge is 0.316 e. The van der Waals surface area contributed by atoms with Gasteiger partial charge in [0, 0.05) is 16.5 Å². The molecule has 146 valence electrons. The van der Waals surface area contributed by atoms with Crippen LogP contribution < -0.4 is 4.90 Å². The summed E-state index contributed by atoms with van der Waals surface area (Å²) in [7, 11) is -3.08. The van der Waals surface area contributed by atoms with Gasteiger partial charge in [-0.05, 0) is 56.2 Å². The summed E-state index contributed by atoms with van der Waals surface area (Å²) in [5, 5.41) is 0.483. The first-order chi connectivity index (χ1) is 13.2. The van der Waals surface area contributed by atoms with Crippen LogP contribution in [0.15, 0.2) is 47.5 Å². The topological polar surface area (TPSA) is 66.8 Å². The Kier molecular flexibility index (Phi) is 4.83. The van der Waals surface area contributed by atoms with Crippen LogP contribution in [0.5, 0.6) is 0 Å². The Morgan fingerprint density at radius 2 is 1.75 bits per heavy atom. The minimum atomic E-state index is -3.08. The summed E-state index contributed by atoms with van der Waals surface area (Å²) in [5.41, 5.74) is 4.62. The molecule has 0 bridgehead atoms. The third kappa shape index (κ3) is 3.73. The molecule has 0 radical (unpaired) electrons. The molecule has 5 nitrogen and oxygen atoms in total. The van der Waals surface area contributed by atoms with Crippen LogP contribution >= 0.6 is 11.8 Å². The Morgan fingerprint density at radius 1 is 1.04 bits per heavy atom. The number of thioether (sulfide) groups is 1. The van der Waals surface area contributed by atoms with Gasteiger partial charge in [0.2, 0.25) is 0 Å². The van der Waals surface area contributed by atoms with Gasteiger partial charge in [-0.25, -0.2) is 8.42 Å². The van der Waals surface area contributed by atoms with Crippen LogP contribution in [0.2, 0.25) is 0 Å². The van der Waals surface area contributed by atoms with Gasteiger partial charge >= 0.3 is 0 Å². The lowest BCUT2D eigenvalue weighted by atomic mass is 10.1. The predicted octanol–water partition coefficient (Wildman–Crippen LogP) is 3.53. The van der Waals surface area contributed by atoms with Gasteiger partial charge in [-0.3, -0.25) is 4.79 Å². The summed E-state index contributed by atoms with van der Waals surface area (Å²) in [6, 6.07) is 13.3. The van der Waals surface area contributed by atoms with Crippen molar-refractivity contribution in [2.45, 2.75) is 32.1 Å². The molecule has 7 heteroatoms. The minimum absolute atomic E-state index is 0.0926. The van der Waals surface area contributed by atoms with E-state index < -0.39 is 9.84 Å². The maximum absolute atomic E-state index is 12.8. The molecule has 2 aliphatic rings. The first-order valence-corrected chi connectivity index (χ1v) is 11.9. The van der Waals surface area contributed by atoms with Gasteiger partial charge in [0.25, 0.3) is 5.91 Å². The lowest BCUT2D eigenvalue weighted by molar-refractivity contribution is 0.100. The van der Waals surface area contributed by atoms with Gasteiger partial charge < -0.3 is 4.90 Å². The number of hydrogen-bond donors (Lipinski definition) is 0. The van der Waals surface area contributed by atoms with E-state index in [0.29, 0.717) is 10.7 Å². The Labute approximate surface area is 169 Å². The maximum atomic E-state index is 12.8. The molecule has 2 fully saturated rings. The van der Waals surface area contributed by atoms with Crippen LogP contribution in [-0.4, -0.2) is 42.3 Å². The van der Waals surface area contributed by atoms with Gasteiger partial charge in [0.15, 0.2) is 15.0 Å². The fourth-order valence-corrected chi connectivity index (χ4v) is 7.80. The molecule has 2 aliphatic heterocycles. The minimum Gasteiger partial charge on any atom is -0.316 e. The molecule has 0 aromatic heterocycles. The monoisotopic (exact) mass is 414 g/mol. The van der Waals surface area contributed by atoms with E-state index >= 15 is 0 Å². The first-order valence-electron chi connectivity index (χ1n) is 9.16. The van der Waals surface area contributed by atoms with Gasteiger partial charge in [-0.15, -0.1) is 0 Å². The zero-order valence-electron chi connectivity index (χ0n) is 16.0. The zero-order valence-corrected chi connectivity index (χ0v) is 17.7. The summed E-state index contributed by atoms with van der Waals surface area (Å²) in [4.78, 5) is 19.1. The van der Waals surface area contributed by atoms with Gasteiger partial charge in [0.05, 0.1) is 17.5 Å². The van der Waals surface area contributed by atoms with Crippen LogP contribution in [0, 0.1) is 20.8 Å². The van der Waals surface area contributed by atoms with Crippen molar-refractivity contribution in [3.8, 4) is 0 Å². The number of rotatable bonds is 2. The molecular weight excluding hydrogens is 392 g/mol. The van der Waals surface area contributed by atoms with E-state index in [9.17, 15) is 13.2 Å². The van der Waals surface area contributed by atoms with E-state index in [1.807, 2.05) is 56.0 Å². The molecule has 0 aliphatic carbocycles. The molecule has 2 heterocycles. The number of carbonyl (C=O) groups excluding carboxylic acids is 1. The number of sulfone groups is 1. The molecule has 0 unspecified atom stereocenters. The number of nitrogens with zero attached hydrogens (tertiary/aromatic N) is 2. The molecule has 28 heavy (non-hydrogen) atoms. The highest BCUT2D eigenvalue weighted by Crippen LogP contribution is 2.41. The standard InChI is InChI=1S/C21H22N2O3S2/c1-13-5-4-6-16(8-13)20(24)22-21-23(17-9-14(2)7-15(3)10-17)18-11-28(25,26)12-19(18)27-21/h4-10,18-19H,11-12H2,1-3H3/t18-,19+/m1/s1. The highest BCUT2D eigenvalue weighted by molar-refractivity contribution is 8.16. The van der Waals surface area contributed by atoms with E-state index in [2.05, 4.69) is 11.1 Å². The van der Waals surface area contributed by atoms with E-state index in [4.69, 9.17) is 0 Å². The van der Waals surface area contributed by atoms with Crippen molar-refractivity contribution in [1.29, 1.82) is 0 Å². The molecule has 2 saturated heterocycles. The fourth-order valence-electron chi connectivity index (χ4n) is 3.89. The second kappa shape index (κ2) is 7.04. The van der Waals surface area contributed by atoms with Gasteiger partial charge in [-0.1, -0.05) is 35.5 Å². The SMILES string of the molecule is Cc1cccc(C(=O)N=C2S[C@H]3CS(=O)(=O)C[C@H]3N2c2cc(C)cc(C)c2)c1. The number of aryl methyl sites for hydroxylation is 3. The van der Waals surface area contributed by atoms with Crippen LogP contribution in [0.3, 0.4) is 0 Å². The predicted molar refractivity (Wildman–Crippen MR) is 115 cm³/mol. The average molecular weight is 415 g/mol. The molecule has 2 aromatic carbocycles. The molecular formula is C21H22N2O3S2. The third-order valence-electron chi connectivity index (χ3n) is 5.01. The van der Waals surface area contributed by atoms with E-state index in [0.717, 1.165) is 22.4 Å². The van der Waals surface area contributed by atoms with Gasteiger partial charge in [-0.2, -0.15) is 4.99 Å². The summed E-state index contributed by atoms with van der Waals surface area (Å²) in [6.45, 7) is 5.96. The number of fused-ring (bicyclic) bond motifs is 1. The lowest BCUT2D eigenvalue weighted by Crippen LogP contribution is -2.37. The molecule has 1 amide bonds. The smallest absolute Gasteiger partial charge is 0.279 e. The number of hydrogen-bond acceptors (Lipinski definition) is 4. The number of anilines is 1. The number of benzene rings is 2. The summed E-state index contributed by atoms with van der Waals surface area (Å²) in [6.07, 6.45) is 0. The summed E-state index contributed by atoms with van der Waals surface area (Å²) >= 11 is 1.40. The van der Waals surface area contributed by atoms with Crippen LogP contribution in [0.4, 0.5) is 5.69 Å². The quantitative estimate of drug-likeness (QED) is 0.752.